The van der Waals surface area contributed by atoms with Crippen LogP contribution in [0.15, 0.2) is 0 Å². The zero-order valence-electron chi connectivity index (χ0n) is 16.6. The lowest BCUT2D eigenvalue weighted by Crippen LogP contribution is -2.73. The predicted molar refractivity (Wildman–Crippen MR) is 98.7 cm³/mol. The molecule has 0 N–H and O–H groups in total. The molecule has 0 bridgehead atoms. The van der Waals surface area contributed by atoms with Gasteiger partial charge >= 0.3 is 5.97 Å². The first-order chi connectivity index (χ1) is 13.4. The van der Waals surface area contributed by atoms with Gasteiger partial charge in [0.15, 0.2) is 0 Å². The van der Waals surface area contributed by atoms with Crippen molar-refractivity contribution in [2.75, 3.05) is 6.61 Å². The van der Waals surface area contributed by atoms with E-state index in [0.717, 1.165) is 16.7 Å². The Kier molecular flexibility index (Phi) is 5.26. The lowest BCUT2D eigenvalue weighted by Gasteiger charge is -2.48. The molecule has 3 aliphatic rings. The maximum absolute atomic E-state index is 12.9. The van der Waals surface area contributed by atoms with Crippen molar-refractivity contribution < 1.29 is 33.8 Å². The third kappa shape index (κ3) is 3.77. The lowest BCUT2D eigenvalue weighted by atomic mass is 9.93. The summed E-state index contributed by atoms with van der Waals surface area (Å²) in [6.45, 7) is 6.12. The van der Waals surface area contributed by atoms with E-state index in [1.54, 1.807) is 27.7 Å². The number of rotatable bonds is 5. The van der Waals surface area contributed by atoms with Crippen LogP contribution in [0, 0.1) is 10.1 Å². The summed E-state index contributed by atoms with van der Waals surface area (Å²) in [4.78, 5) is 67.8. The summed E-state index contributed by atoms with van der Waals surface area (Å²) in [5, 5.41) is 9.07. The highest BCUT2D eigenvalue weighted by Gasteiger charge is 2.68. The van der Waals surface area contributed by atoms with Crippen LogP contribution < -0.4 is 0 Å². The summed E-state index contributed by atoms with van der Waals surface area (Å²) in [7, 11) is 0. The molecule has 0 aromatic rings. The first kappa shape index (κ1) is 21.3. The Labute approximate surface area is 171 Å². The number of nitrogens with zero attached hydrogens (tertiary/aromatic N) is 3. The van der Waals surface area contributed by atoms with E-state index in [2.05, 4.69) is 4.84 Å². The molecule has 0 saturated carbocycles. The molecule has 4 atom stereocenters. The van der Waals surface area contributed by atoms with Crippen LogP contribution in [0.2, 0.25) is 0 Å². The molecule has 11 nitrogen and oxygen atoms in total. The average molecular weight is 429 g/mol. The summed E-state index contributed by atoms with van der Waals surface area (Å²) in [6.07, 6.45) is 0.778. The van der Waals surface area contributed by atoms with Gasteiger partial charge in [-0.05, 0) is 34.1 Å². The highest BCUT2D eigenvalue weighted by Crippen LogP contribution is 2.53. The Balaban J connectivity index is 1.90. The summed E-state index contributed by atoms with van der Waals surface area (Å²) in [6, 6.07) is -2.17. The van der Waals surface area contributed by atoms with Gasteiger partial charge in [-0.2, -0.15) is 0 Å². The second kappa shape index (κ2) is 7.15. The molecule has 160 valence electrons. The van der Waals surface area contributed by atoms with Crippen LogP contribution in [-0.4, -0.2) is 73.0 Å². The first-order valence-electron chi connectivity index (χ1n) is 9.21. The van der Waals surface area contributed by atoms with Gasteiger partial charge in [0.05, 0.1) is 4.75 Å². The molecule has 3 saturated heterocycles. The van der Waals surface area contributed by atoms with Gasteiger partial charge in [-0.15, -0.1) is 21.9 Å². The monoisotopic (exact) mass is 429 g/mol. The molecule has 0 aromatic heterocycles. The smallest absolute Gasteiger partial charge is 0.330 e. The van der Waals surface area contributed by atoms with Gasteiger partial charge in [0.1, 0.15) is 29.7 Å². The zero-order chi connectivity index (χ0) is 21.7. The maximum Gasteiger partial charge on any atom is 0.330 e. The quantitative estimate of drug-likeness (QED) is 0.201. The third-order valence-electron chi connectivity index (χ3n) is 4.98. The largest absolute Gasteiger partial charge is 0.458 e. The van der Waals surface area contributed by atoms with Crippen molar-refractivity contribution in [1.82, 2.24) is 9.80 Å². The standard InChI is InChI=1S/C17H23N3O8S/c1-16(2,3)28-15(24)12-17(4,8-27-20(25)26)29-14-11(13(23)19(12)14)18-9(21)6-5-7-10(18)22/h11-12,14H,5-8H2,1-4H3/t11?,12?,14-,17-/m0/s1. The molecule has 0 aromatic carbocycles. The van der Waals surface area contributed by atoms with Crippen molar-refractivity contribution in [3.05, 3.63) is 10.1 Å². The molecule has 2 unspecified atom stereocenters. The van der Waals surface area contributed by atoms with Gasteiger partial charge < -0.3 is 14.5 Å². The van der Waals surface area contributed by atoms with Crippen molar-refractivity contribution >= 4 is 35.5 Å². The number of imide groups is 1. The fraction of sp³-hybridized carbons (Fsp3) is 0.765. The molecule has 0 aliphatic carbocycles. The SMILES string of the molecule is CC(C)(C)OC(=O)C1N2C(=O)C(N3C(=O)CCCC3=O)[C@@H]2S[C@@]1(C)CO[N+](=O)[O-]. The number of β-lactam (4-membered cyclic amide) rings is 1. The van der Waals surface area contributed by atoms with Crippen molar-refractivity contribution in [3.63, 3.8) is 0 Å². The Morgan fingerprint density at radius 2 is 1.86 bits per heavy atom. The molecule has 3 rings (SSSR count). The van der Waals surface area contributed by atoms with Crippen molar-refractivity contribution in [2.24, 2.45) is 0 Å². The number of hydrogen-bond acceptors (Lipinski definition) is 9. The fourth-order valence-electron chi connectivity index (χ4n) is 3.83. The van der Waals surface area contributed by atoms with E-state index in [1.165, 1.54) is 4.90 Å². The molecular weight excluding hydrogens is 406 g/mol. The number of hydrogen-bond donors (Lipinski definition) is 0. The maximum atomic E-state index is 12.9. The van der Waals surface area contributed by atoms with Gasteiger partial charge in [-0.1, -0.05) is 0 Å². The Morgan fingerprint density at radius 1 is 1.28 bits per heavy atom. The molecule has 0 spiro atoms. The lowest BCUT2D eigenvalue weighted by molar-refractivity contribution is -0.758. The van der Waals surface area contributed by atoms with E-state index >= 15 is 0 Å². The Bertz CT molecular complexity index is 765. The topological polar surface area (TPSA) is 136 Å². The number of likely N-dealkylation sites (tertiary alicyclic amines) is 1. The highest BCUT2D eigenvalue weighted by molar-refractivity contribution is 8.01. The van der Waals surface area contributed by atoms with Crippen molar-refractivity contribution in [3.8, 4) is 0 Å². The fourth-order valence-corrected chi connectivity index (χ4v) is 5.55. The van der Waals surface area contributed by atoms with E-state index in [1.807, 2.05) is 0 Å². The molecule has 3 fully saturated rings. The number of ether oxygens (including phenoxy) is 1. The third-order valence-corrected chi connectivity index (χ3v) is 6.59. The number of esters is 1. The van der Waals surface area contributed by atoms with Crippen LogP contribution in [0.5, 0.6) is 0 Å². The predicted octanol–water partition coefficient (Wildman–Crippen LogP) is 0.487. The van der Waals surface area contributed by atoms with Gasteiger partial charge in [0.2, 0.25) is 11.8 Å². The van der Waals surface area contributed by atoms with Crippen molar-refractivity contribution in [2.45, 2.75) is 74.8 Å². The number of thioether (sulfide) groups is 1. The number of carbonyl (C=O) groups is 4. The van der Waals surface area contributed by atoms with E-state index < -0.39 is 63.2 Å². The van der Waals surface area contributed by atoms with Crippen LogP contribution in [0.1, 0.15) is 47.0 Å². The second-order valence-electron chi connectivity index (χ2n) is 8.46. The average Bonchev–Trinajstić information content (AvgIpc) is 2.85. The Hall–Kier alpha value is -2.37. The van der Waals surface area contributed by atoms with Crippen LogP contribution in [-0.2, 0) is 28.8 Å². The van der Waals surface area contributed by atoms with E-state index in [-0.39, 0.29) is 12.8 Å². The molecule has 29 heavy (non-hydrogen) atoms. The van der Waals surface area contributed by atoms with Crippen LogP contribution >= 0.6 is 11.8 Å². The minimum atomic E-state index is -1.19. The van der Waals surface area contributed by atoms with Gasteiger partial charge in [-0.3, -0.25) is 19.3 Å². The Morgan fingerprint density at radius 3 is 2.38 bits per heavy atom. The molecule has 3 aliphatic heterocycles. The first-order valence-corrected chi connectivity index (χ1v) is 10.1. The minimum absolute atomic E-state index is 0.171. The minimum Gasteiger partial charge on any atom is -0.458 e. The van der Waals surface area contributed by atoms with E-state index in [4.69, 9.17) is 4.74 Å². The van der Waals surface area contributed by atoms with Crippen LogP contribution in [0.4, 0.5) is 0 Å². The van der Waals surface area contributed by atoms with E-state index in [0.29, 0.717) is 6.42 Å². The molecule has 3 heterocycles. The highest BCUT2D eigenvalue weighted by atomic mass is 32.2. The number of fused-ring (bicyclic) bond motifs is 1. The molecule has 12 heteroatoms. The van der Waals surface area contributed by atoms with E-state index in [9.17, 15) is 29.3 Å². The van der Waals surface area contributed by atoms with Gasteiger partial charge in [-0.25, -0.2) is 4.79 Å². The number of amides is 3. The van der Waals surface area contributed by atoms with Crippen molar-refractivity contribution in [1.29, 1.82) is 0 Å². The molecule has 3 amide bonds. The number of piperidine rings is 1. The van der Waals surface area contributed by atoms with Gasteiger partial charge in [0.25, 0.3) is 11.0 Å². The summed E-state index contributed by atoms with van der Waals surface area (Å²) < 4.78 is 4.24. The van der Waals surface area contributed by atoms with Crippen LogP contribution in [0.3, 0.4) is 0 Å². The second-order valence-corrected chi connectivity index (χ2v) is 10.1. The summed E-state index contributed by atoms with van der Waals surface area (Å²) >= 11 is 1.11. The normalized spacial score (nSPS) is 32.0. The molecular formula is C17H23N3O8S. The molecule has 0 radical (unpaired) electrons. The summed E-state index contributed by atoms with van der Waals surface area (Å²) in [5.41, 5.74) is -0.836. The number of carbonyl (C=O) groups excluding carboxylic acids is 4. The zero-order valence-corrected chi connectivity index (χ0v) is 17.4. The van der Waals surface area contributed by atoms with Crippen LogP contribution in [0.25, 0.3) is 0 Å². The summed E-state index contributed by atoms with van der Waals surface area (Å²) in [5.74, 6) is -2.12. The van der Waals surface area contributed by atoms with Gasteiger partial charge in [0, 0.05) is 12.8 Å².